The molecule has 0 spiro atoms. The summed E-state index contributed by atoms with van der Waals surface area (Å²) in [7, 11) is -0.423. The number of methoxy groups -OCH3 is 1. The summed E-state index contributed by atoms with van der Waals surface area (Å²) in [5, 5.41) is 0. The molecule has 0 N–H and O–H groups in total. The standard InChI is InChI=1S/C16H17Br2NO3S2/c1-19(10-11-4-6-15(23-3)14(8-11)22-2)24(20,21)16-7-5-12(17)9-13(16)18/h4-9H,10H2,1-3H3. The van der Waals surface area contributed by atoms with Gasteiger partial charge in [-0.1, -0.05) is 22.0 Å². The molecule has 130 valence electrons. The normalized spacial score (nSPS) is 11.8. The third-order valence-corrected chi connectivity index (χ3v) is 7.49. The van der Waals surface area contributed by atoms with Gasteiger partial charge in [-0.3, -0.25) is 0 Å². The molecule has 0 bridgehead atoms. The third kappa shape index (κ3) is 4.35. The van der Waals surface area contributed by atoms with Gasteiger partial charge in [0.05, 0.1) is 12.0 Å². The molecule has 8 heteroatoms. The van der Waals surface area contributed by atoms with E-state index in [-0.39, 0.29) is 11.4 Å². The number of hydrogen-bond acceptors (Lipinski definition) is 4. The van der Waals surface area contributed by atoms with Gasteiger partial charge in [-0.05, 0) is 58.1 Å². The van der Waals surface area contributed by atoms with Crippen LogP contribution in [0.1, 0.15) is 5.56 Å². The van der Waals surface area contributed by atoms with Crippen LogP contribution >= 0.6 is 43.6 Å². The molecule has 0 aliphatic carbocycles. The summed E-state index contributed by atoms with van der Waals surface area (Å²) >= 11 is 8.23. The Morgan fingerprint density at radius 1 is 1.17 bits per heavy atom. The maximum absolute atomic E-state index is 12.8. The molecule has 0 atom stereocenters. The van der Waals surface area contributed by atoms with Crippen LogP contribution in [0.4, 0.5) is 0 Å². The Balaban J connectivity index is 2.29. The third-order valence-electron chi connectivity index (χ3n) is 3.44. The van der Waals surface area contributed by atoms with Crippen LogP contribution in [0.25, 0.3) is 0 Å². The Bertz CT molecular complexity index is 841. The Morgan fingerprint density at radius 3 is 2.46 bits per heavy atom. The molecule has 0 aromatic heterocycles. The maximum atomic E-state index is 12.8. The van der Waals surface area contributed by atoms with E-state index in [1.165, 1.54) is 4.31 Å². The van der Waals surface area contributed by atoms with Crippen molar-refractivity contribution in [3.05, 3.63) is 50.9 Å². The summed E-state index contributed by atoms with van der Waals surface area (Å²) in [5.74, 6) is 0.746. The zero-order valence-corrected chi connectivity index (χ0v) is 18.2. The largest absolute Gasteiger partial charge is 0.496 e. The van der Waals surface area contributed by atoms with E-state index >= 15 is 0 Å². The minimum Gasteiger partial charge on any atom is -0.496 e. The van der Waals surface area contributed by atoms with Gasteiger partial charge in [-0.2, -0.15) is 4.31 Å². The highest BCUT2D eigenvalue weighted by Gasteiger charge is 2.23. The van der Waals surface area contributed by atoms with Crippen molar-refractivity contribution < 1.29 is 13.2 Å². The Labute approximate surface area is 163 Å². The molecule has 0 saturated carbocycles. The van der Waals surface area contributed by atoms with Crippen molar-refractivity contribution >= 4 is 53.6 Å². The van der Waals surface area contributed by atoms with Crippen molar-refractivity contribution in [3.8, 4) is 5.75 Å². The lowest BCUT2D eigenvalue weighted by molar-refractivity contribution is 0.402. The van der Waals surface area contributed by atoms with Gasteiger partial charge >= 0.3 is 0 Å². The first-order valence-corrected chi connectivity index (χ1v) is 11.2. The summed E-state index contributed by atoms with van der Waals surface area (Å²) in [4.78, 5) is 1.25. The van der Waals surface area contributed by atoms with Gasteiger partial charge in [0.1, 0.15) is 5.75 Å². The fourth-order valence-electron chi connectivity index (χ4n) is 2.17. The molecular weight excluding hydrogens is 478 g/mol. The number of rotatable bonds is 6. The fourth-order valence-corrected chi connectivity index (χ4v) is 5.58. The smallest absolute Gasteiger partial charge is 0.244 e. The van der Waals surface area contributed by atoms with Crippen molar-refractivity contribution in [1.82, 2.24) is 4.31 Å². The molecule has 0 amide bonds. The molecular formula is C16H17Br2NO3S2. The van der Waals surface area contributed by atoms with Crippen molar-refractivity contribution in [2.24, 2.45) is 0 Å². The Kier molecular flexibility index (Phi) is 6.78. The number of ether oxygens (including phenoxy) is 1. The van der Waals surface area contributed by atoms with Crippen molar-refractivity contribution in [2.45, 2.75) is 16.3 Å². The van der Waals surface area contributed by atoms with Gasteiger partial charge in [0.25, 0.3) is 0 Å². The molecule has 0 aliphatic heterocycles. The lowest BCUT2D eigenvalue weighted by Crippen LogP contribution is -2.26. The van der Waals surface area contributed by atoms with Crippen LogP contribution in [0.15, 0.2) is 55.1 Å². The molecule has 2 aromatic rings. The van der Waals surface area contributed by atoms with E-state index in [9.17, 15) is 8.42 Å². The maximum Gasteiger partial charge on any atom is 0.244 e. The summed E-state index contributed by atoms with van der Waals surface area (Å²) in [5.41, 5.74) is 0.865. The predicted molar refractivity (Wildman–Crippen MR) is 105 cm³/mol. The highest BCUT2D eigenvalue weighted by Crippen LogP contribution is 2.31. The summed E-state index contributed by atoms with van der Waals surface area (Å²) < 4.78 is 33.6. The van der Waals surface area contributed by atoms with E-state index in [4.69, 9.17) is 4.74 Å². The van der Waals surface area contributed by atoms with Crippen molar-refractivity contribution in [1.29, 1.82) is 0 Å². The molecule has 0 fully saturated rings. The summed E-state index contributed by atoms with van der Waals surface area (Å²) in [6.07, 6.45) is 1.97. The second kappa shape index (κ2) is 8.23. The Hall–Kier alpha value is -0.540. The quantitative estimate of drug-likeness (QED) is 0.543. The number of sulfonamides is 1. The lowest BCUT2D eigenvalue weighted by atomic mass is 10.2. The number of benzene rings is 2. The first kappa shape index (κ1) is 19.8. The molecule has 24 heavy (non-hydrogen) atoms. The molecule has 0 unspecified atom stereocenters. The van der Waals surface area contributed by atoms with Crippen LogP contribution in [0.5, 0.6) is 5.75 Å². The van der Waals surface area contributed by atoms with E-state index in [1.54, 1.807) is 44.1 Å². The number of halogens is 2. The van der Waals surface area contributed by atoms with Crippen LogP contribution in [0.3, 0.4) is 0 Å². The summed E-state index contributed by atoms with van der Waals surface area (Å²) in [6.45, 7) is 0.260. The van der Waals surface area contributed by atoms with Gasteiger partial charge in [-0.15, -0.1) is 11.8 Å². The van der Waals surface area contributed by atoms with Gasteiger partial charge in [0.15, 0.2) is 0 Å². The van der Waals surface area contributed by atoms with E-state index in [0.29, 0.717) is 4.47 Å². The molecule has 2 rings (SSSR count). The zero-order valence-electron chi connectivity index (χ0n) is 13.4. The van der Waals surface area contributed by atoms with Crippen LogP contribution in [0.2, 0.25) is 0 Å². The molecule has 0 saturated heterocycles. The fraction of sp³-hybridized carbons (Fsp3) is 0.250. The van der Waals surface area contributed by atoms with Crippen molar-refractivity contribution in [3.63, 3.8) is 0 Å². The SMILES string of the molecule is COc1cc(CN(C)S(=O)(=O)c2ccc(Br)cc2Br)ccc1SC. The van der Waals surface area contributed by atoms with Crippen LogP contribution < -0.4 is 4.74 Å². The monoisotopic (exact) mass is 493 g/mol. The van der Waals surface area contributed by atoms with Gasteiger partial charge in [0.2, 0.25) is 10.0 Å². The highest BCUT2D eigenvalue weighted by atomic mass is 79.9. The molecule has 0 radical (unpaired) electrons. The van der Waals surface area contributed by atoms with Crippen LogP contribution in [0, 0.1) is 0 Å². The second-order valence-electron chi connectivity index (χ2n) is 5.03. The zero-order chi connectivity index (χ0) is 17.9. The van der Waals surface area contributed by atoms with Gasteiger partial charge in [-0.25, -0.2) is 8.42 Å². The average molecular weight is 495 g/mol. The second-order valence-corrected chi connectivity index (χ2v) is 9.66. The highest BCUT2D eigenvalue weighted by molar-refractivity contribution is 9.11. The predicted octanol–water partition coefficient (Wildman–Crippen LogP) is 4.76. The number of thioether (sulfide) groups is 1. The topological polar surface area (TPSA) is 46.6 Å². The van der Waals surface area contributed by atoms with Crippen LogP contribution in [-0.2, 0) is 16.6 Å². The van der Waals surface area contributed by atoms with E-state index < -0.39 is 10.0 Å². The number of hydrogen-bond donors (Lipinski definition) is 0. The average Bonchev–Trinajstić information content (AvgIpc) is 2.54. The summed E-state index contributed by atoms with van der Waals surface area (Å²) in [6, 6.07) is 10.7. The van der Waals surface area contributed by atoms with Gasteiger partial charge in [0, 0.05) is 27.4 Å². The minimum absolute atomic E-state index is 0.237. The molecule has 0 heterocycles. The first-order valence-electron chi connectivity index (χ1n) is 6.92. The van der Waals surface area contributed by atoms with Gasteiger partial charge < -0.3 is 4.74 Å². The first-order chi connectivity index (χ1) is 11.3. The van der Waals surface area contributed by atoms with E-state index in [2.05, 4.69) is 31.9 Å². The minimum atomic E-state index is -3.60. The molecule has 4 nitrogen and oxygen atoms in total. The molecule has 0 aliphatic rings. The van der Waals surface area contributed by atoms with Crippen LogP contribution in [-0.4, -0.2) is 33.1 Å². The van der Waals surface area contributed by atoms with Crippen molar-refractivity contribution in [2.75, 3.05) is 20.4 Å². The van der Waals surface area contributed by atoms with E-state index in [1.807, 2.05) is 24.5 Å². The van der Waals surface area contributed by atoms with E-state index in [0.717, 1.165) is 20.7 Å². The molecule has 2 aromatic carbocycles. The number of nitrogens with zero attached hydrogens (tertiary/aromatic N) is 1. The Morgan fingerprint density at radius 2 is 1.88 bits per heavy atom. The lowest BCUT2D eigenvalue weighted by Gasteiger charge is -2.19.